The minimum absolute atomic E-state index is 0.0249. The highest BCUT2D eigenvalue weighted by Gasteiger charge is 2.84. The predicted octanol–water partition coefficient (Wildman–Crippen LogP) is 2.50. The van der Waals surface area contributed by atoms with Gasteiger partial charge in [0.2, 0.25) is 0 Å². The lowest BCUT2D eigenvalue weighted by atomic mass is 9.46. The SMILES string of the molecule is CCN1CC2CCC(OC)C34C2CC(C13)C1(O)CC(OC)C2(O)CC4C1C2OC(=O)c1ccc(OC)cc1. The molecular weight excluding hydrogens is 486 g/mol. The topological polar surface area (TPSA) is 97.7 Å². The lowest BCUT2D eigenvalue weighted by molar-refractivity contribution is -0.271. The van der Waals surface area contributed by atoms with Crippen LogP contribution in [0.4, 0.5) is 0 Å². The number of nitrogens with zero attached hydrogens (tertiary/aromatic N) is 1. The summed E-state index contributed by atoms with van der Waals surface area (Å²) in [5.74, 6) is 0.810. The van der Waals surface area contributed by atoms with E-state index in [0.29, 0.717) is 36.0 Å². The Morgan fingerprint density at radius 1 is 0.974 bits per heavy atom. The molecule has 8 nitrogen and oxygen atoms in total. The van der Waals surface area contributed by atoms with Crippen LogP contribution in [0.1, 0.15) is 49.4 Å². The molecule has 12 unspecified atom stereocenters. The third-order valence-corrected chi connectivity index (χ3v) is 12.1. The van der Waals surface area contributed by atoms with Crippen molar-refractivity contribution in [2.24, 2.45) is 35.0 Å². The summed E-state index contributed by atoms with van der Waals surface area (Å²) in [6.07, 6.45) is 2.50. The van der Waals surface area contributed by atoms with Gasteiger partial charge < -0.3 is 29.2 Å². The number of esters is 1. The number of methoxy groups -OCH3 is 3. The average molecular weight is 528 g/mol. The summed E-state index contributed by atoms with van der Waals surface area (Å²) in [5, 5.41) is 25.1. The number of hydrogen-bond acceptors (Lipinski definition) is 8. The summed E-state index contributed by atoms with van der Waals surface area (Å²) in [6, 6.07) is 7.01. The van der Waals surface area contributed by atoms with E-state index in [-0.39, 0.29) is 35.3 Å². The molecule has 0 radical (unpaired) electrons. The number of carbonyl (C=O) groups is 1. The Bertz CT molecular complexity index is 1110. The van der Waals surface area contributed by atoms with Crippen molar-refractivity contribution in [2.45, 2.75) is 74.6 Å². The largest absolute Gasteiger partial charge is 0.497 e. The molecule has 0 amide bonds. The zero-order chi connectivity index (χ0) is 26.6. The van der Waals surface area contributed by atoms with Gasteiger partial charge in [-0.25, -0.2) is 4.79 Å². The van der Waals surface area contributed by atoms with Crippen molar-refractivity contribution < 1.29 is 34.0 Å². The van der Waals surface area contributed by atoms with Crippen LogP contribution < -0.4 is 4.74 Å². The Labute approximate surface area is 224 Å². The van der Waals surface area contributed by atoms with Crippen LogP contribution in [-0.4, -0.2) is 91.1 Å². The van der Waals surface area contributed by atoms with E-state index >= 15 is 0 Å². The van der Waals surface area contributed by atoms with Gasteiger partial charge >= 0.3 is 5.97 Å². The zero-order valence-electron chi connectivity index (χ0n) is 22.8. The Kier molecular flexibility index (Phi) is 5.59. The Morgan fingerprint density at radius 3 is 2.37 bits per heavy atom. The molecule has 1 aromatic carbocycles. The maximum absolute atomic E-state index is 13.5. The van der Waals surface area contributed by atoms with Crippen molar-refractivity contribution in [3.05, 3.63) is 29.8 Å². The summed E-state index contributed by atoms with van der Waals surface area (Å²) in [4.78, 5) is 16.1. The van der Waals surface area contributed by atoms with Crippen LogP contribution in [0, 0.1) is 35.0 Å². The van der Waals surface area contributed by atoms with Gasteiger partial charge in [0, 0.05) is 50.5 Å². The molecule has 6 fully saturated rings. The molecule has 208 valence electrons. The number of likely N-dealkylation sites (tertiary alicyclic amines) is 1. The van der Waals surface area contributed by atoms with E-state index in [4.69, 9.17) is 18.9 Å². The van der Waals surface area contributed by atoms with Gasteiger partial charge in [-0.15, -0.1) is 0 Å². The molecule has 12 atom stereocenters. The number of ether oxygens (including phenoxy) is 4. The number of aliphatic hydroxyl groups is 2. The van der Waals surface area contributed by atoms with Crippen molar-refractivity contribution in [1.29, 1.82) is 0 Å². The van der Waals surface area contributed by atoms with Gasteiger partial charge in [-0.2, -0.15) is 0 Å². The molecule has 1 aliphatic heterocycles. The molecule has 8 heteroatoms. The molecule has 1 saturated heterocycles. The fourth-order valence-corrected chi connectivity index (χ4v) is 11.0. The zero-order valence-corrected chi connectivity index (χ0v) is 22.8. The third-order valence-electron chi connectivity index (χ3n) is 12.1. The van der Waals surface area contributed by atoms with Crippen molar-refractivity contribution in [2.75, 3.05) is 34.4 Å². The van der Waals surface area contributed by atoms with E-state index in [9.17, 15) is 15.0 Å². The lowest BCUT2D eigenvalue weighted by Gasteiger charge is -2.67. The number of benzene rings is 1. The van der Waals surface area contributed by atoms with Gasteiger partial charge in [0.1, 0.15) is 17.5 Å². The first-order chi connectivity index (χ1) is 18.3. The summed E-state index contributed by atoms with van der Waals surface area (Å²) in [5.41, 5.74) is -2.24. The quantitative estimate of drug-likeness (QED) is 0.545. The molecule has 0 aromatic heterocycles. The van der Waals surface area contributed by atoms with Gasteiger partial charge in [-0.1, -0.05) is 6.92 Å². The highest BCUT2D eigenvalue weighted by atomic mass is 16.6. The molecule has 1 aromatic rings. The standard InChI is InChI=1S/C30H41NO7/c1-5-31-15-17-8-11-22(36-3)30-19(17)12-20(25(30)31)28(33)14-23(37-4)29(34)13-21(30)24(28)26(29)38-27(32)16-6-9-18(35-2)10-7-16/h6-7,9-10,17,19-26,33-34H,5,8,11-15H2,1-4H3. The van der Waals surface area contributed by atoms with Crippen LogP contribution in [0.25, 0.3) is 0 Å². The minimum atomic E-state index is -1.37. The van der Waals surface area contributed by atoms with E-state index < -0.39 is 29.4 Å². The number of carbonyl (C=O) groups excluding carboxylic acids is 1. The number of hydrogen-bond donors (Lipinski definition) is 2. The number of rotatable bonds is 6. The molecule has 5 saturated carbocycles. The number of piperidine rings is 1. The molecule has 7 rings (SSSR count). The second-order valence-corrected chi connectivity index (χ2v) is 12.8. The maximum Gasteiger partial charge on any atom is 0.338 e. The molecular formula is C30H41NO7. The highest BCUT2D eigenvalue weighted by molar-refractivity contribution is 5.89. The average Bonchev–Trinajstić information content (AvgIpc) is 3.31. The van der Waals surface area contributed by atoms with Crippen LogP contribution in [-0.2, 0) is 14.2 Å². The first kappa shape index (κ1) is 25.3. The van der Waals surface area contributed by atoms with Crippen molar-refractivity contribution in [3.8, 4) is 5.75 Å². The van der Waals surface area contributed by atoms with E-state index in [2.05, 4.69) is 11.8 Å². The fourth-order valence-electron chi connectivity index (χ4n) is 11.0. The molecule has 7 bridgehead atoms. The second-order valence-electron chi connectivity index (χ2n) is 12.8. The molecule has 6 aliphatic rings. The van der Waals surface area contributed by atoms with Crippen LogP contribution in [0.15, 0.2) is 24.3 Å². The molecule has 1 spiro atoms. The smallest absolute Gasteiger partial charge is 0.338 e. The maximum atomic E-state index is 13.5. The third kappa shape index (κ3) is 2.86. The molecule has 2 N–H and O–H groups in total. The number of fused-ring (bicyclic) bond motifs is 2. The first-order valence-electron chi connectivity index (χ1n) is 14.4. The summed E-state index contributed by atoms with van der Waals surface area (Å²) < 4.78 is 23.7. The minimum Gasteiger partial charge on any atom is -0.497 e. The van der Waals surface area contributed by atoms with Gasteiger partial charge in [0.25, 0.3) is 0 Å². The van der Waals surface area contributed by atoms with E-state index in [1.807, 2.05) is 7.11 Å². The van der Waals surface area contributed by atoms with Crippen LogP contribution in [0.5, 0.6) is 5.75 Å². The van der Waals surface area contributed by atoms with Gasteiger partial charge in [-0.05, 0) is 74.2 Å². The van der Waals surface area contributed by atoms with Gasteiger partial charge in [0.05, 0.1) is 30.5 Å². The monoisotopic (exact) mass is 527 g/mol. The fraction of sp³-hybridized carbons (Fsp3) is 0.767. The first-order valence-corrected chi connectivity index (χ1v) is 14.4. The summed E-state index contributed by atoms with van der Waals surface area (Å²) in [6.45, 7) is 4.23. The lowest BCUT2D eigenvalue weighted by Crippen LogP contribution is -2.75. The Balaban J connectivity index is 1.35. The molecule has 38 heavy (non-hydrogen) atoms. The van der Waals surface area contributed by atoms with Crippen molar-refractivity contribution >= 4 is 5.97 Å². The Hall–Kier alpha value is -1.71. The van der Waals surface area contributed by atoms with Crippen LogP contribution in [0.2, 0.25) is 0 Å². The highest BCUT2D eigenvalue weighted by Crippen LogP contribution is 2.77. The molecule has 5 aliphatic carbocycles. The second kappa shape index (κ2) is 8.40. The predicted molar refractivity (Wildman–Crippen MR) is 138 cm³/mol. The van der Waals surface area contributed by atoms with Crippen LogP contribution >= 0.6 is 0 Å². The normalized spacial score (nSPS) is 50.1. The Morgan fingerprint density at radius 2 is 1.71 bits per heavy atom. The van der Waals surface area contributed by atoms with Crippen LogP contribution in [0.3, 0.4) is 0 Å². The van der Waals surface area contributed by atoms with Gasteiger partial charge in [-0.3, -0.25) is 4.90 Å². The van der Waals surface area contributed by atoms with E-state index in [1.54, 1.807) is 38.5 Å². The van der Waals surface area contributed by atoms with E-state index in [1.165, 1.54) is 0 Å². The van der Waals surface area contributed by atoms with Crippen molar-refractivity contribution in [3.63, 3.8) is 0 Å². The summed E-state index contributed by atoms with van der Waals surface area (Å²) in [7, 11) is 5.01. The van der Waals surface area contributed by atoms with Crippen molar-refractivity contribution in [1.82, 2.24) is 4.90 Å². The molecule has 1 heterocycles. The van der Waals surface area contributed by atoms with E-state index in [0.717, 1.165) is 32.4 Å². The summed E-state index contributed by atoms with van der Waals surface area (Å²) >= 11 is 0. The van der Waals surface area contributed by atoms with Gasteiger partial charge in [0.15, 0.2) is 0 Å².